The fourth-order valence-electron chi connectivity index (χ4n) is 11.8. The molecule has 0 fully saturated rings. The number of benzene rings is 4. The molecule has 1 unspecified atom stereocenters. The molecule has 378 valence electrons. The van der Waals surface area contributed by atoms with Gasteiger partial charge in [0.05, 0.1) is 24.2 Å². The van der Waals surface area contributed by atoms with Gasteiger partial charge >= 0.3 is 0 Å². The van der Waals surface area contributed by atoms with Crippen molar-refractivity contribution in [2.75, 3.05) is 7.05 Å². The van der Waals surface area contributed by atoms with Crippen LogP contribution in [-0.4, -0.2) is 35.7 Å². The SMILES string of the molecule is CCCC[Si](CCCC)(CCCC)c1ccc(P(c2ccc([Si](CCCC)(CCCC)CCCC)cc2)N(C)P(c2ccc([Si](CCCC)(CCCC)CCCC)cc2)c2ccccc2C)cc1. The van der Waals surface area contributed by atoms with Crippen LogP contribution in [0.1, 0.15) is 183 Å². The Morgan fingerprint density at radius 3 is 0.794 bits per heavy atom. The number of hydrogen-bond donors (Lipinski definition) is 0. The lowest BCUT2D eigenvalue weighted by molar-refractivity contribution is 0.800. The smallest absolute Gasteiger partial charge is 0.0867 e. The Morgan fingerprint density at radius 2 is 0.559 bits per heavy atom. The summed E-state index contributed by atoms with van der Waals surface area (Å²) in [6, 6.07) is 54.3. The number of unbranched alkanes of at least 4 members (excludes halogenated alkanes) is 9. The van der Waals surface area contributed by atoms with E-state index < -0.39 is 40.4 Å². The number of rotatable bonds is 36. The first-order chi connectivity index (χ1) is 33.1. The molecule has 0 aromatic heterocycles. The molecule has 0 spiro atoms. The van der Waals surface area contributed by atoms with Crippen LogP contribution in [0.15, 0.2) is 97.1 Å². The molecule has 0 heterocycles. The van der Waals surface area contributed by atoms with Gasteiger partial charge in [0.15, 0.2) is 0 Å². The van der Waals surface area contributed by atoms with Gasteiger partial charge in [-0.2, -0.15) is 0 Å². The van der Waals surface area contributed by atoms with Crippen LogP contribution in [0.25, 0.3) is 0 Å². The van der Waals surface area contributed by atoms with Gasteiger partial charge in [0.1, 0.15) is 0 Å². The van der Waals surface area contributed by atoms with E-state index in [0.29, 0.717) is 0 Å². The Morgan fingerprint density at radius 1 is 0.324 bits per heavy atom. The van der Waals surface area contributed by atoms with Crippen LogP contribution in [0.4, 0.5) is 0 Å². The van der Waals surface area contributed by atoms with Gasteiger partial charge in [-0.15, -0.1) is 0 Å². The normalized spacial score (nSPS) is 13.0. The van der Waals surface area contributed by atoms with Crippen LogP contribution >= 0.6 is 16.1 Å². The molecule has 0 bridgehead atoms. The molecule has 0 aliphatic heterocycles. The Labute approximate surface area is 427 Å². The van der Waals surface area contributed by atoms with Gasteiger partial charge in [0, 0.05) is 16.1 Å². The Bertz CT molecular complexity index is 1790. The maximum Gasteiger partial charge on any atom is 0.0867 e. The summed E-state index contributed by atoms with van der Waals surface area (Å²) in [5.74, 6) is 0. The van der Waals surface area contributed by atoms with Gasteiger partial charge in [0.2, 0.25) is 0 Å². The number of nitrogens with zero attached hydrogens (tertiary/aromatic N) is 1. The van der Waals surface area contributed by atoms with E-state index in [2.05, 4.69) is 178 Å². The predicted molar refractivity (Wildman–Crippen MR) is 324 cm³/mol. The Balaban J connectivity index is 1.98. The number of hydrogen-bond acceptors (Lipinski definition) is 1. The van der Waals surface area contributed by atoms with Gasteiger partial charge in [0.25, 0.3) is 0 Å². The van der Waals surface area contributed by atoms with Gasteiger partial charge in [-0.1, -0.05) is 345 Å². The zero-order valence-corrected chi connectivity index (χ0v) is 51.0. The first-order valence-electron chi connectivity index (χ1n) is 28.8. The second kappa shape index (κ2) is 31.7. The van der Waals surface area contributed by atoms with Crippen molar-refractivity contribution < 1.29 is 0 Å². The summed E-state index contributed by atoms with van der Waals surface area (Å²) in [6.07, 6.45) is 24.1. The van der Waals surface area contributed by atoms with Gasteiger partial charge in [-0.3, -0.25) is 0 Å². The van der Waals surface area contributed by atoms with E-state index in [4.69, 9.17) is 0 Å². The van der Waals surface area contributed by atoms with Crippen LogP contribution in [0.5, 0.6) is 0 Å². The lowest BCUT2D eigenvalue weighted by Gasteiger charge is -2.38. The highest BCUT2D eigenvalue weighted by molar-refractivity contribution is 7.84. The molecular formula is C62H103NP2Si3. The van der Waals surface area contributed by atoms with Crippen molar-refractivity contribution in [2.24, 2.45) is 0 Å². The third kappa shape index (κ3) is 16.2. The van der Waals surface area contributed by atoms with Crippen LogP contribution in [0.3, 0.4) is 0 Å². The summed E-state index contributed by atoms with van der Waals surface area (Å²) < 4.78 is 2.91. The van der Waals surface area contributed by atoms with E-state index in [-0.39, 0.29) is 0 Å². The van der Waals surface area contributed by atoms with Crippen molar-refractivity contribution in [3.63, 3.8) is 0 Å². The molecule has 0 N–H and O–H groups in total. The van der Waals surface area contributed by atoms with Crippen LogP contribution in [0, 0.1) is 6.92 Å². The van der Waals surface area contributed by atoms with Gasteiger partial charge in [-0.25, -0.2) is 4.44 Å². The molecule has 4 aromatic rings. The van der Waals surface area contributed by atoms with Gasteiger partial charge < -0.3 is 0 Å². The van der Waals surface area contributed by atoms with Gasteiger partial charge in [-0.05, 0) is 40.8 Å². The third-order valence-corrected chi connectivity index (χ3v) is 38.2. The highest BCUT2D eigenvalue weighted by atomic mass is 31.2. The predicted octanol–water partition coefficient (Wildman–Crippen LogP) is 17.5. The highest BCUT2D eigenvalue weighted by Gasteiger charge is 2.37. The van der Waals surface area contributed by atoms with Crippen LogP contribution in [0.2, 0.25) is 54.4 Å². The molecule has 0 radical (unpaired) electrons. The molecule has 0 saturated heterocycles. The lowest BCUT2D eigenvalue weighted by atomic mass is 10.2. The minimum atomic E-state index is -1.64. The zero-order chi connectivity index (χ0) is 49.3. The molecule has 0 saturated carbocycles. The van der Waals surface area contributed by atoms with Crippen LogP contribution < -0.4 is 36.8 Å². The quantitative estimate of drug-likeness (QED) is 0.0324. The summed E-state index contributed by atoms with van der Waals surface area (Å²) in [6.45, 7) is 24.0. The third-order valence-electron chi connectivity index (χ3n) is 16.2. The zero-order valence-electron chi connectivity index (χ0n) is 46.2. The molecule has 4 rings (SSSR count). The lowest BCUT2D eigenvalue weighted by Crippen LogP contribution is -2.48. The largest absolute Gasteiger partial charge is 0.248 e. The van der Waals surface area contributed by atoms with Crippen molar-refractivity contribution in [3.05, 3.63) is 103 Å². The number of aryl methyl sites for hydroxylation is 1. The molecule has 0 aliphatic rings. The summed E-state index contributed by atoms with van der Waals surface area (Å²) in [5, 5.41) is 11.3. The van der Waals surface area contributed by atoms with E-state index in [0.717, 1.165) is 0 Å². The monoisotopic (exact) mass is 1010 g/mol. The average molecular weight is 1010 g/mol. The fourth-order valence-corrected chi connectivity index (χ4v) is 34.3. The standard InChI is InChI=1S/C62H103NP2Si3/c1-12-21-46-66(47-22-13-2,48-23-14-3)59-40-34-56(35-41-59)64(57-36-42-60(43-37-57)67(49-24-15-4,50-25-16-5)51-26-17-6)63(11)65(62-33-31-30-32-55(62)10)58-38-44-61(45-39-58)68(52-27-18-7,53-28-19-8)54-29-20-9/h30-45H,12-29,46-54H2,1-11H3. The van der Waals surface area contributed by atoms with E-state index in [1.807, 2.05) is 0 Å². The maximum absolute atomic E-state index is 2.91. The van der Waals surface area contributed by atoms with E-state index in [9.17, 15) is 0 Å². The topological polar surface area (TPSA) is 3.24 Å². The van der Waals surface area contributed by atoms with Crippen LogP contribution in [-0.2, 0) is 0 Å². The minimum absolute atomic E-state index is 0.814. The summed E-state index contributed by atoms with van der Waals surface area (Å²) in [5.41, 5.74) is 1.42. The Hall–Kier alpha value is -1.65. The molecule has 68 heavy (non-hydrogen) atoms. The van der Waals surface area contributed by atoms with Crippen molar-refractivity contribution in [2.45, 2.75) is 239 Å². The minimum Gasteiger partial charge on any atom is -0.248 e. The van der Waals surface area contributed by atoms with E-state index in [1.54, 1.807) is 15.6 Å². The second-order valence-electron chi connectivity index (χ2n) is 21.3. The molecule has 6 heteroatoms. The molecule has 4 aromatic carbocycles. The molecule has 1 atom stereocenters. The first-order valence-corrected chi connectivity index (χ1v) is 39.3. The fraction of sp³-hybridized carbons (Fsp3) is 0.613. The summed E-state index contributed by atoms with van der Waals surface area (Å²) in [4.78, 5) is 0. The molecule has 0 amide bonds. The molecule has 1 nitrogen and oxygen atoms in total. The van der Waals surface area contributed by atoms with Crippen molar-refractivity contribution in [1.82, 2.24) is 4.44 Å². The van der Waals surface area contributed by atoms with Crippen molar-refractivity contribution in [1.29, 1.82) is 0 Å². The average Bonchev–Trinajstić information content (AvgIpc) is 3.37. The second-order valence-corrected chi connectivity index (χ2v) is 40.0. The van der Waals surface area contributed by atoms with E-state index in [1.165, 1.54) is 197 Å². The summed E-state index contributed by atoms with van der Waals surface area (Å²) >= 11 is 0. The Kier molecular flexibility index (Phi) is 27.5. The first kappa shape index (κ1) is 58.9. The highest BCUT2D eigenvalue weighted by Crippen LogP contribution is 2.53. The maximum atomic E-state index is 2.91. The summed E-state index contributed by atoms with van der Waals surface area (Å²) in [7, 11) is -4.02. The van der Waals surface area contributed by atoms with E-state index >= 15 is 0 Å². The molecular weight excluding hydrogens is 905 g/mol. The van der Waals surface area contributed by atoms with Crippen molar-refractivity contribution in [3.8, 4) is 0 Å². The van der Waals surface area contributed by atoms with Crippen molar-refractivity contribution >= 4 is 77.1 Å². The molecule has 0 aliphatic carbocycles.